The largest absolute Gasteiger partial charge is 0.342 e. The third-order valence-electron chi connectivity index (χ3n) is 3.55. The summed E-state index contributed by atoms with van der Waals surface area (Å²) < 4.78 is 0. The molecule has 1 aromatic heterocycles. The molecule has 5 heteroatoms. The second-order valence-corrected chi connectivity index (χ2v) is 5.24. The van der Waals surface area contributed by atoms with Crippen LogP contribution in [0.4, 0.5) is 0 Å². The molecular formula is C14H19N3O2. The molecule has 1 atom stereocenters. The standard InChI is InChI=1S/C14H19N3O2/c1-4-11-12(18)17(14(2,3)13(19)16-11)9-10-7-5-6-8-15-10/h5-8,11H,4,9H2,1-3H3,(H,16,19). The van der Waals surface area contributed by atoms with E-state index in [0.29, 0.717) is 13.0 Å². The van der Waals surface area contributed by atoms with Crippen molar-refractivity contribution >= 4 is 11.8 Å². The van der Waals surface area contributed by atoms with Crippen LogP contribution in [-0.2, 0) is 16.1 Å². The van der Waals surface area contributed by atoms with Crippen LogP contribution in [0.3, 0.4) is 0 Å². The fourth-order valence-electron chi connectivity index (χ4n) is 2.19. The maximum atomic E-state index is 12.4. The molecule has 102 valence electrons. The lowest BCUT2D eigenvalue weighted by Crippen LogP contribution is -2.67. The van der Waals surface area contributed by atoms with Crippen LogP contribution in [0.2, 0.25) is 0 Å². The van der Waals surface area contributed by atoms with Gasteiger partial charge in [0.25, 0.3) is 0 Å². The molecule has 5 nitrogen and oxygen atoms in total. The summed E-state index contributed by atoms with van der Waals surface area (Å²) in [5.74, 6) is -0.160. The number of nitrogens with zero attached hydrogens (tertiary/aromatic N) is 2. The number of amides is 2. The summed E-state index contributed by atoms with van der Waals surface area (Å²) >= 11 is 0. The van der Waals surface area contributed by atoms with Gasteiger partial charge in [-0.15, -0.1) is 0 Å². The highest BCUT2D eigenvalue weighted by Crippen LogP contribution is 2.23. The van der Waals surface area contributed by atoms with Crippen molar-refractivity contribution in [3.8, 4) is 0 Å². The Labute approximate surface area is 113 Å². The van der Waals surface area contributed by atoms with Gasteiger partial charge in [0, 0.05) is 6.20 Å². The molecule has 1 aliphatic rings. The lowest BCUT2D eigenvalue weighted by atomic mass is 9.94. The van der Waals surface area contributed by atoms with E-state index in [9.17, 15) is 9.59 Å². The first-order valence-electron chi connectivity index (χ1n) is 6.49. The van der Waals surface area contributed by atoms with E-state index in [1.807, 2.05) is 25.1 Å². The van der Waals surface area contributed by atoms with Gasteiger partial charge in [0.2, 0.25) is 11.8 Å². The molecule has 2 heterocycles. The van der Waals surface area contributed by atoms with Crippen LogP contribution in [0.15, 0.2) is 24.4 Å². The summed E-state index contributed by atoms with van der Waals surface area (Å²) in [6, 6.07) is 5.14. The highest BCUT2D eigenvalue weighted by Gasteiger charge is 2.45. The maximum absolute atomic E-state index is 12.4. The Kier molecular flexibility index (Phi) is 3.55. The third kappa shape index (κ3) is 2.45. The zero-order chi connectivity index (χ0) is 14.0. The predicted octanol–water partition coefficient (Wildman–Crippen LogP) is 1.10. The molecule has 0 saturated carbocycles. The monoisotopic (exact) mass is 261 g/mol. The molecule has 19 heavy (non-hydrogen) atoms. The van der Waals surface area contributed by atoms with Gasteiger partial charge in [-0.25, -0.2) is 0 Å². The van der Waals surface area contributed by atoms with Gasteiger partial charge in [0.05, 0.1) is 12.2 Å². The van der Waals surface area contributed by atoms with Gasteiger partial charge in [-0.2, -0.15) is 0 Å². The molecule has 0 radical (unpaired) electrons. The lowest BCUT2D eigenvalue weighted by Gasteiger charge is -2.44. The Balaban J connectivity index is 2.28. The summed E-state index contributed by atoms with van der Waals surface area (Å²) in [4.78, 5) is 30.3. The first kappa shape index (κ1) is 13.5. The van der Waals surface area contributed by atoms with Crippen LogP contribution in [-0.4, -0.2) is 33.3 Å². The highest BCUT2D eigenvalue weighted by molar-refractivity contribution is 5.99. The SMILES string of the molecule is CCC1NC(=O)C(C)(C)N(Cc2ccccn2)C1=O. The fourth-order valence-corrected chi connectivity index (χ4v) is 2.19. The molecule has 0 bridgehead atoms. The molecule has 2 amide bonds. The minimum atomic E-state index is -0.847. The van der Waals surface area contributed by atoms with Crippen molar-refractivity contribution in [3.05, 3.63) is 30.1 Å². The minimum Gasteiger partial charge on any atom is -0.342 e. The number of pyridine rings is 1. The quantitative estimate of drug-likeness (QED) is 0.886. The molecule has 0 aliphatic carbocycles. The van der Waals surface area contributed by atoms with Crippen molar-refractivity contribution in [2.75, 3.05) is 0 Å². The Morgan fingerprint density at radius 2 is 2.11 bits per heavy atom. The number of rotatable bonds is 3. The summed E-state index contributed by atoms with van der Waals surface area (Å²) in [7, 11) is 0. The van der Waals surface area contributed by atoms with Crippen molar-refractivity contribution < 1.29 is 9.59 Å². The van der Waals surface area contributed by atoms with E-state index in [-0.39, 0.29) is 11.8 Å². The van der Waals surface area contributed by atoms with E-state index in [2.05, 4.69) is 10.3 Å². The number of hydrogen-bond acceptors (Lipinski definition) is 3. The van der Waals surface area contributed by atoms with E-state index in [1.165, 1.54) is 0 Å². The number of nitrogens with one attached hydrogen (secondary N) is 1. The highest BCUT2D eigenvalue weighted by atomic mass is 16.2. The van der Waals surface area contributed by atoms with Crippen LogP contribution in [0, 0.1) is 0 Å². The van der Waals surface area contributed by atoms with Gasteiger partial charge < -0.3 is 10.2 Å². The van der Waals surface area contributed by atoms with E-state index >= 15 is 0 Å². The molecule has 1 fully saturated rings. The summed E-state index contributed by atoms with van der Waals surface area (Å²) in [6.07, 6.45) is 2.29. The topological polar surface area (TPSA) is 62.3 Å². The smallest absolute Gasteiger partial charge is 0.246 e. The molecule has 1 aromatic rings. The second-order valence-electron chi connectivity index (χ2n) is 5.24. The zero-order valence-corrected chi connectivity index (χ0v) is 11.5. The molecule has 1 saturated heterocycles. The average molecular weight is 261 g/mol. The summed E-state index contributed by atoms with van der Waals surface area (Å²) in [5, 5.41) is 2.77. The van der Waals surface area contributed by atoms with Crippen molar-refractivity contribution in [2.24, 2.45) is 0 Å². The van der Waals surface area contributed by atoms with Crippen molar-refractivity contribution in [1.82, 2.24) is 15.2 Å². The summed E-state index contributed by atoms with van der Waals surface area (Å²) in [5.41, 5.74) is -0.0613. The van der Waals surface area contributed by atoms with Crippen LogP contribution in [0.5, 0.6) is 0 Å². The van der Waals surface area contributed by atoms with Gasteiger partial charge in [-0.3, -0.25) is 14.6 Å². The van der Waals surface area contributed by atoms with E-state index in [4.69, 9.17) is 0 Å². The zero-order valence-electron chi connectivity index (χ0n) is 11.5. The first-order chi connectivity index (χ1) is 8.96. The van der Waals surface area contributed by atoms with Gasteiger partial charge in [0.1, 0.15) is 11.6 Å². The minimum absolute atomic E-state index is 0.0437. The molecule has 1 aliphatic heterocycles. The van der Waals surface area contributed by atoms with Crippen molar-refractivity contribution in [3.63, 3.8) is 0 Å². The Morgan fingerprint density at radius 1 is 1.37 bits per heavy atom. The van der Waals surface area contributed by atoms with Crippen LogP contribution < -0.4 is 5.32 Å². The second kappa shape index (κ2) is 4.99. The van der Waals surface area contributed by atoms with E-state index < -0.39 is 11.6 Å². The predicted molar refractivity (Wildman–Crippen MR) is 71.1 cm³/mol. The van der Waals surface area contributed by atoms with Gasteiger partial charge in [-0.1, -0.05) is 13.0 Å². The Hall–Kier alpha value is -1.91. The third-order valence-corrected chi connectivity index (χ3v) is 3.55. The van der Waals surface area contributed by atoms with Crippen molar-refractivity contribution in [2.45, 2.75) is 45.3 Å². The Morgan fingerprint density at radius 3 is 2.68 bits per heavy atom. The molecule has 0 spiro atoms. The first-order valence-corrected chi connectivity index (χ1v) is 6.49. The number of carbonyl (C=O) groups excluding carboxylic acids is 2. The normalized spacial score (nSPS) is 22.3. The van der Waals surface area contributed by atoms with Crippen LogP contribution in [0.25, 0.3) is 0 Å². The van der Waals surface area contributed by atoms with Gasteiger partial charge >= 0.3 is 0 Å². The molecule has 0 aromatic carbocycles. The summed E-state index contributed by atoms with van der Waals surface area (Å²) in [6.45, 7) is 5.76. The maximum Gasteiger partial charge on any atom is 0.246 e. The average Bonchev–Trinajstić information content (AvgIpc) is 2.40. The molecule has 1 unspecified atom stereocenters. The van der Waals surface area contributed by atoms with E-state index in [0.717, 1.165) is 5.69 Å². The number of aromatic nitrogens is 1. The molecule has 2 rings (SSSR count). The molecule has 1 N–H and O–H groups in total. The van der Waals surface area contributed by atoms with E-state index in [1.54, 1.807) is 24.9 Å². The van der Waals surface area contributed by atoms with Crippen LogP contribution in [0.1, 0.15) is 32.9 Å². The van der Waals surface area contributed by atoms with Crippen LogP contribution >= 0.6 is 0 Å². The van der Waals surface area contributed by atoms with Gasteiger partial charge in [-0.05, 0) is 32.4 Å². The lowest BCUT2D eigenvalue weighted by molar-refractivity contribution is -0.156. The molecular weight excluding hydrogens is 242 g/mol. The Bertz CT molecular complexity index is 485. The fraction of sp³-hybridized carbons (Fsp3) is 0.500. The van der Waals surface area contributed by atoms with Crippen molar-refractivity contribution in [1.29, 1.82) is 0 Å². The number of carbonyl (C=O) groups is 2. The van der Waals surface area contributed by atoms with Gasteiger partial charge in [0.15, 0.2) is 0 Å². The number of hydrogen-bond donors (Lipinski definition) is 1. The number of piperazine rings is 1.